The van der Waals surface area contributed by atoms with Gasteiger partial charge in [-0.1, -0.05) is 0 Å². The van der Waals surface area contributed by atoms with Crippen LogP contribution < -0.4 is 11.1 Å². The average Bonchev–Trinajstić information content (AvgIpc) is 2.39. The fourth-order valence-corrected chi connectivity index (χ4v) is 2.77. The van der Waals surface area contributed by atoms with Crippen LogP contribution >= 0.6 is 0 Å². The Morgan fingerprint density at radius 3 is 2.19 bits per heavy atom. The van der Waals surface area contributed by atoms with E-state index in [4.69, 9.17) is 0 Å². The quantitative estimate of drug-likeness (QED) is 0.649. The lowest BCUT2D eigenvalue weighted by atomic mass is 9.85. The number of hydrogen-bond acceptors (Lipinski definition) is 4. The molecule has 0 unspecified atom stereocenters. The van der Waals surface area contributed by atoms with Crippen LogP contribution in [-0.2, 0) is 7.05 Å². The fourth-order valence-electron chi connectivity index (χ4n) is 2.77. The van der Waals surface area contributed by atoms with Crippen molar-refractivity contribution in [2.75, 3.05) is 0 Å². The molecule has 1 N–H and O–H groups in total. The van der Waals surface area contributed by atoms with Crippen LogP contribution in [-0.4, -0.2) is 21.1 Å². The van der Waals surface area contributed by atoms with Crippen LogP contribution in [0.15, 0.2) is 21.7 Å². The maximum absolute atomic E-state index is 12.7. The van der Waals surface area contributed by atoms with Gasteiger partial charge < -0.3 is 9.55 Å². The van der Waals surface area contributed by atoms with Crippen LogP contribution in [0.2, 0.25) is 0 Å². The molecule has 6 heteroatoms. The molecule has 0 bridgehead atoms. The number of aromatic amines is 1. The monoisotopic (exact) mass is 284 g/mol. The van der Waals surface area contributed by atoms with E-state index >= 15 is 0 Å². The van der Waals surface area contributed by atoms with Crippen molar-refractivity contribution in [3.63, 3.8) is 0 Å². The minimum Gasteiger partial charge on any atom is -0.318 e. The van der Waals surface area contributed by atoms with Crippen molar-refractivity contribution in [2.45, 2.75) is 13.8 Å². The van der Waals surface area contributed by atoms with Crippen LogP contribution in [0.4, 0.5) is 0 Å². The molecule has 0 radical (unpaired) electrons. The van der Waals surface area contributed by atoms with Gasteiger partial charge in [0.1, 0.15) is 11.4 Å². The number of nitrogens with one attached hydrogen (secondary N) is 1. The predicted molar refractivity (Wildman–Crippen MR) is 75.1 cm³/mol. The summed E-state index contributed by atoms with van der Waals surface area (Å²) in [5.74, 6) is -0.856. The van der Waals surface area contributed by atoms with Gasteiger partial charge in [-0.3, -0.25) is 19.2 Å². The van der Waals surface area contributed by atoms with Crippen molar-refractivity contribution in [1.82, 2.24) is 9.55 Å². The lowest BCUT2D eigenvalue weighted by Crippen LogP contribution is -2.34. The second-order valence-corrected chi connectivity index (χ2v) is 5.17. The molecule has 2 aromatic heterocycles. The van der Waals surface area contributed by atoms with Gasteiger partial charge in [-0.15, -0.1) is 0 Å². The highest BCUT2D eigenvalue weighted by molar-refractivity contribution is 6.27. The molecule has 0 amide bonds. The van der Waals surface area contributed by atoms with Crippen molar-refractivity contribution < 1.29 is 9.59 Å². The molecule has 0 spiro atoms. The fraction of sp³-hybridized carbons (Fsp3) is 0.200. The van der Waals surface area contributed by atoms with E-state index in [1.54, 1.807) is 13.8 Å². The summed E-state index contributed by atoms with van der Waals surface area (Å²) >= 11 is 0. The highest BCUT2D eigenvalue weighted by Crippen LogP contribution is 2.28. The van der Waals surface area contributed by atoms with E-state index in [0.29, 0.717) is 11.1 Å². The highest BCUT2D eigenvalue weighted by atomic mass is 16.2. The van der Waals surface area contributed by atoms with Gasteiger partial charge in [-0.05, 0) is 25.0 Å². The van der Waals surface area contributed by atoms with Gasteiger partial charge in [0, 0.05) is 19.2 Å². The van der Waals surface area contributed by atoms with Gasteiger partial charge in [0.05, 0.1) is 11.1 Å². The molecule has 0 saturated carbocycles. The molecule has 0 atom stereocenters. The molecule has 6 nitrogen and oxygen atoms in total. The molecule has 3 rings (SSSR count). The van der Waals surface area contributed by atoms with E-state index in [0.717, 1.165) is 4.57 Å². The smallest absolute Gasteiger partial charge is 0.251 e. The van der Waals surface area contributed by atoms with E-state index in [9.17, 15) is 19.2 Å². The SMILES string of the molecule is Cc1cc(=O)[nH]c2c1C(=O)c1c(C)cc(=O)n(C)c1C2=O. The van der Waals surface area contributed by atoms with E-state index in [-0.39, 0.29) is 33.9 Å². The summed E-state index contributed by atoms with van der Waals surface area (Å²) in [6.45, 7) is 3.24. The molecule has 2 heterocycles. The number of aryl methyl sites for hydroxylation is 2. The number of carbonyl (C=O) groups is 2. The summed E-state index contributed by atoms with van der Waals surface area (Å²) in [5, 5.41) is 0. The minimum atomic E-state index is -0.510. The first kappa shape index (κ1) is 13.2. The Morgan fingerprint density at radius 2 is 1.52 bits per heavy atom. The van der Waals surface area contributed by atoms with Gasteiger partial charge in [0.25, 0.3) is 5.56 Å². The second-order valence-electron chi connectivity index (χ2n) is 5.17. The third kappa shape index (κ3) is 1.65. The van der Waals surface area contributed by atoms with Crippen molar-refractivity contribution in [3.05, 3.63) is 66.5 Å². The summed E-state index contributed by atoms with van der Waals surface area (Å²) in [4.78, 5) is 51.1. The molecule has 106 valence electrons. The summed E-state index contributed by atoms with van der Waals surface area (Å²) < 4.78 is 1.14. The number of aromatic nitrogens is 2. The standard InChI is InChI=1S/C15H12N2O4/c1-6-4-8(18)16-12-10(6)14(20)11-7(2)5-9(19)17(3)13(11)15(12)21/h4-5H,1-3H3,(H,16,18). The number of pyridine rings is 2. The van der Waals surface area contributed by atoms with Gasteiger partial charge >= 0.3 is 0 Å². The highest BCUT2D eigenvalue weighted by Gasteiger charge is 2.35. The summed E-state index contributed by atoms with van der Waals surface area (Å²) in [5.41, 5.74) is 0.503. The number of ketones is 2. The maximum atomic E-state index is 12.7. The van der Waals surface area contributed by atoms with Crippen molar-refractivity contribution in [3.8, 4) is 0 Å². The number of H-pyrrole nitrogens is 1. The molecule has 2 aromatic rings. The Kier molecular flexibility index (Phi) is 2.59. The normalized spacial score (nSPS) is 13.1. The lowest BCUT2D eigenvalue weighted by Gasteiger charge is -2.21. The first-order valence-electron chi connectivity index (χ1n) is 6.37. The van der Waals surface area contributed by atoms with Gasteiger partial charge in [0.15, 0.2) is 5.78 Å². The van der Waals surface area contributed by atoms with Gasteiger partial charge in [-0.2, -0.15) is 0 Å². The molecule has 0 saturated heterocycles. The predicted octanol–water partition coefficient (Wildman–Crippen LogP) is 0.466. The third-order valence-corrected chi connectivity index (χ3v) is 3.77. The Labute approximate surface area is 119 Å². The molecule has 1 aliphatic carbocycles. The third-order valence-electron chi connectivity index (χ3n) is 3.77. The zero-order chi connectivity index (χ0) is 15.5. The number of carbonyl (C=O) groups excluding carboxylic acids is 2. The maximum Gasteiger partial charge on any atom is 0.251 e. The number of hydrogen-bond donors (Lipinski definition) is 1. The van der Waals surface area contributed by atoms with Crippen LogP contribution in [0.3, 0.4) is 0 Å². The minimum absolute atomic E-state index is 0.0266. The molecule has 0 aromatic carbocycles. The molecule has 0 aliphatic heterocycles. The summed E-state index contributed by atoms with van der Waals surface area (Å²) in [6.07, 6.45) is 0. The zero-order valence-corrected chi connectivity index (χ0v) is 11.7. The van der Waals surface area contributed by atoms with Crippen molar-refractivity contribution >= 4 is 11.6 Å². The molecular formula is C15H12N2O4. The van der Waals surface area contributed by atoms with E-state index in [2.05, 4.69) is 4.98 Å². The Morgan fingerprint density at radius 1 is 0.905 bits per heavy atom. The van der Waals surface area contributed by atoms with Gasteiger partial charge in [-0.25, -0.2) is 0 Å². The molecule has 0 fully saturated rings. The number of nitrogens with zero attached hydrogens (tertiary/aromatic N) is 1. The van der Waals surface area contributed by atoms with Crippen molar-refractivity contribution in [1.29, 1.82) is 0 Å². The molecular weight excluding hydrogens is 272 g/mol. The van der Waals surface area contributed by atoms with E-state index < -0.39 is 11.3 Å². The number of rotatable bonds is 0. The van der Waals surface area contributed by atoms with Crippen LogP contribution in [0.25, 0.3) is 0 Å². The second kappa shape index (κ2) is 4.12. The molecule has 1 aliphatic rings. The first-order valence-corrected chi connectivity index (χ1v) is 6.37. The lowest BCUT2D eigenvalue weighted by molar-refractivity contribution is 0.0966. The zero-order valence-electron chi connectivity index (χ0n) is 11.7. The number of fused-ring (bicyclic) bond motifs is 2. The van der Waals surface area contributed by atoms with Gasteiger partial charge in [0.2, 0.25) is 11.3 Å². The van der Waals surface area contributed by atoms with E-state index in [1.165, 1.54) is 19.2 Å². The van der Waals surface area contributed by atoms with Crippen LogP contribution in [0.1, 0.15) is 43.2 Å². The Balaban J connectivity index is 2.50. The van der Waals surface area contributed by atoms with E-state index in [1.807, 2.05) is 0 Å². The summed E-state index contributed by atoms with van der Waals surface area (Å²) in [6, 6.07) is 2.61. The molecule has 21 heavy (non-hydrogen) atoms. The first-order chi connectivity index (χ1) is 9.82. The van der Waals surface area contributed by atoms with Crippen LogP contribution in [0.5, 0.6) is 0 Å². The van der Waals surface area contributed by atoms with Crippen LogP contribution in [0, 0.1) is 13.8 Å². The largest absolute Gasteiger partial charge is 0.318 e. The Bertz CT molecular complexity index is 947. The summed E-state index contributed by atoms with van der Waals surface area (Å²) in [7, 11) is 1.44. The average molecular weight is 284 g/mol. The topological polar surface area (TPSA) is 89.0 Å². The Hall–Kier alpha value is -2.76. The van der Waals surface area contributed by atoms with Crippen molar-refractivity contribution in [2.24, 2.45) is 7.05 Å².